The number of rotatable bonds is 11. The maximum atomic E-state index is 12.5. The van der Waals surface area contributed by atoms with Gasteiger partial charge in [-0.15, -0.1) is 0 Å². The summed E-state index contributed by atoms with van der Waals surface area (Å²) in [6, 6.07) is 19.1. The Morgan fingerprint density at radius 3 is 1.45 bits per heavy atom. The maximum Gasteiger partial charge on any atom is 0.407 e. The van der Waals surface area contributed by atoms with Crippen molar-refractivity contribution in [3.05, 3.63) is 71.8 Å². The number of carbonyl (C=O) groups excluding carboxylic acids is 2. The third-order valence-electron chi connectivity index (χ3n) is 6.76. The topological polar surface area (TPSA) is 109 Å². The second-order valence-corrected chi connectivity index (χ2v) is 16.3. The van der Waals surface area contributed by atoms with E-state index in [0.29, 0.717) is 19.7 Å². The number of nitrogens with one attached hydrogen (secondary N) is 3. The highest BCUT2D eigenvalue weighted by Crippen LogP contribution is 2.23. The molecule has 0 bridgehead atoms. The molecule has 0 aliphatic rings. The normalized spacial score (nSPS) is 14.0. The van der Waals surface area contributed by atoms with Gasteiger partial charge in [-0.05, 0) is 56.8 Å². The molecule has 0 radical (unpaired) electrons. The van der Waals surface area contributed by atoms with Crippen LogP contribution in [0.1, 0.15) is 73.4 Å². The van der Waals surface area contributed by atoms with Gasteiger partial charge >= 0.3 is 12.2 Å². The van der Waals surface area contributed by atoms with Crippen molar-refractivity contribution in [3.8, 4) is 0 Å². The molecule has 0 fully saturated rings. The molecule has 2 rings (SSSR count). The molecule has 0 saturated carbocycles. The number of benzene rings is 2. The van der Waals surface area contributed by atoms with Crippen molar-refractivity contribution in [2.75, 3.05) is 27.2 Å². The quantitative estimate of drug-likeness (QED) is 0.270. The Kier molecular flexibility index (Phi) is 16.1. The molecule has 0 aliphatic carbocycles. The third kappa shape index (κ3) is 15.7. The van der Waals surface area contributed by atoms with Gasteiger partial charge in [-0.3, -0.25) is 0 Å². The number of hydrogen-bond acceptors (Lipinski definition) is 6. The molecule has 3 atom stereocenters. The number of likely N-dealkylation sites (N-methyl/N-ethyl adjacent to an activating group) is 2. The van der Waals surface area contributed by atoms with Crippen LogP contribution in [0.5, 0.6) is 0 Å². The van der Waals surface area contributed by atoms with E-state index in [0.717, 1.165) is 11.1 Å². The molecule has 248 valence electrons. The molecule has 9 nitrogen and oxygen atoms in total. The lowest BCUT2D eigenvalue weighted by atomic mass is 9.87. The van der Waals surface area contributed by atoms with Gasteiger partial charge in [-0.25, -0.2) is 18.1 Å². The first kappa shape index (κ1) is 39.1. The van der Waals surface area contributed by atoms with Gasteiger partial charge in [-0.2, -0.15) is 0 Å². The maximum absolute atomic E-state index is 12.5. The Morgan fingerprint density at radius 2 is 1.11 bits per heavy atom. The molecule has 0 aliphatic heterocycles. The van der Waals surface area contributed by atoms with E-state index in [1.165, 1.54) is 0 Å². The minimum Gasteiger partial charge on any atom is -0.445 e. The van der Waals surface area contributed by atoms with Crippen molar-refractivity contribution in [3.63, 3.8) is 0 Å². The largest absolute Gasteiger partial charge is 0.445 e. The van der Waals surface area contributed by atoms with Crippen LogP contribution in [0.4, 0.5) is 9.59 Å². The Hall–Kier alpha value is -2.95. The molecule has 0 spiro atoms. The predicted molar refractivity (Wildman–Crippen MR) is 180 cm³/mol. The van der Waals surface area contributed by atoms with Crippen molar-refractivity contribution in [1.29, 1.82) is 0 Å². The zero-order valence-electron chi connectivity index (χ0n) is 28.7. The molecular weight excluding hydrogens is 576 g/mol. The first-order chi connectivity index (χ1) is 20.3. The third-order valence-corrected chi connectivity index (χ3v) is 8.52. The highest BCUT2D eigenvalue weighted by molar-refractivity contribution is 7.84. The van der Waals surface area contributed by atoms with Crippen molar-refractivity contribution in [2.24, 2.45) is 10.8 Å². The van der Waals surface area contributed by atoms with E-state index in [1.54, 1.807) is 4.31 Å². The number of ether oxygens (including phenoxy) is 2. The molecule has 0 heterocycles. The molecule has 44 heavy (non-hydrogen) atoms. The van der Waals surface area contributed by atoms with Gasteiger partial charge in [0.1, 0.15) is 13.2 Å². The average molecular weight is 633 g/mol. The van der Waals surface area contributed by atoms with Crippen molar-refractivity contribution < 1.29 is 23.3 Å². The molecular formula is C34H56N4O5S. The minimum atomic E-state index is -1.14. The van der Waals surface area contributed by atoms with Gasteiger partial charge < -0.3 is 25.4 Å². The lowest BCUT2D eigenvalue weighted by molar-refractivity contribution is 0.123. The van der Waals surface area contributed by atoms with E-state index < -0.39 is 17.1 Å². The van der Waals surface area contributed by atoms with E-state index >= 15 is 0 Å². The first-order valence-corrected chi connectivity index (χ1v) is 16.2. The van der Waals surface area contributed by atoms with Crippen LogP contribution in [-0.4, -0.2) is 64.7 Å². The second kappa shape index (κ2) is 18.1. The number of amides is 2. The lowest BCUT2D eigenvalue weighted by Gasteiger charge is -2.35. The van der Waals surface area contributed by atoms with Crippen LogP contribution in [0.25, 0.3) is 0 Å². The summed E-state index contributed by atoms with van der Waals surface area (Å²) in [6.45, 7) is 19.9. The molecule has 0 saturated heterocycles. The summed E-state index contributed by atoms with van der Waals surface area (Å²) in [4.78, 5) is 24.0. The summed E-state index contributed by atoms with van der Waals surface area (Å²) < 4.78 is 24.5. The lowest BCUT2D eigenvalue weighted by Crippen LogP contribution is -2.51. The van der Waals surface area contributed by atoms with Crippen LogP contribution in [0.3, 0.4) is 0 Å². The summed E-state index contributed by atoms with van der Waals surface area (Å²) in [6.07, 6.45) is -0.835. The van der Waals surface area contributed by atoms with Crippen LogP contribution in [-0.2, 0) is 33.7 Å². The number of carbonyl (C=O) groups is 2. The summed E-state index contributed by atoms with van der Waals surface area (Å²) in [5.41, 5.74) is 1.71. The van der Waals surface area contributed by atoms with E-state index in [9.17, 15) is 13.8 Å². The Morgan fingerprint density at radius 1 is 0.727 bits per heavy atom. The van der Waals surface area contributed by atoms with Gasteiger partial charge in [0.25, 0.3) is 0 Å². The van der Waals surface area contributed by atoms with Crippen LogP contribution in [0, 0.1) is 10.8 Å². The molecule has 2 amide bonds. The fraction of sp³-hybridized carbons (Fsp3) is 0.588. The monoisotopic (exact) mass is 632 g/mol. The summed E-state index contributed by atoms with van der Waals surface area (Å²) in [5, 5.41) is 8.91. The van der Waals surface area contributed by atoms with E-state index in [2.05, 4.69) is 36.7 Å². The minimum absolute atomic E-state index is 0.0191. The van der Waals surface area contributed by atoms with E-state index in [4.69, 9.17) is 9.47 Å². The zero-order valence-corrected chi connectivity index (χ0v) is 29.5. The van der Waals surface area contributed by atoms with Crippen LogP contribution in [0.2, 0.25) is 0 Å². The van der Waals surface area contributed by atoms with Crippen molar-refractivity contribution >= 4 is 23.2 Å². The fourth-order valence-electron chi connectivity index (χ4n) is 3.92. The van der Waals surface area contributed by atoms with Crippen LogP contribution in [0.15, 0.2) is 60.7 Å². The smallest absolute Gasteiger partial charge is 0.407 e. The van der Waals surface area contributed by atoms with Gasteiger partial charge in [0.05, 0.1) is 21.8 Å². The first-order valence-electron chi connectivity index (χ1n) is 15.1. The molecule has 3 N–H and O–H groups in total. The molecule has 1 unspecified atom stereocenters. The second-order valence-electron chi connectivity index (χ2n) is 14.0. The predicted octanol–water partition coefficient (Wildman–Crippen LogP) is 6.27. The van der Waals surface area contributed by atoms with Gasteiger partial charge in [0.2, 0.25) is 0 Å². The number of hydrogen-bond donors (Lipinski definition) is 3. The average Bonchev–Trinajstić information content (AvgIpc) is 2.94. The summed E-state index contributed by atoms with van der Waals surface area (Å²) in [7, 11) is 2.54. The molecule has 2 aromatic rings. The Bertz CT molecular complexity index is 1140. The SMILES string of the molecule is CN(C[C@@H](NC(=O)OCc1ccccc1)C(C)(C)C)S(=O)C(C)(C)C.CNC[C@@H](NC(=O)OCc1ccccc1)C(C)(C)C. The number of alkyl carbamates (subject to hydrolysis) is 2. The number of nitrogens with zero attached hydrogens (tertiary/aromatic N) is 1. The fourth-order valence-corrected chi connectivity index (χ4v) is 5.14. The molecule has 0 aromatic heterocycles. The molecule has 2 aromatic carbocycles. The highest BCUT2D eigenvalue weighted by Gasteiger charge is 2.32. The summed E-state index contributed by atoms with van der Waals surface area (Å²) in [5.74, 6) is 0. The Labute approximate surface area is 268 Å². The van der Waals surface area contributed by atoms with Gasteiger partial charge in [0.15, 0.2) is 0 Å². The molecule has 10 heteroatoms. The van der Waals surface area contributed by atoms with Crippen molar-refractivity contribution in [2.45, 2.75) is 92.4 Å². The van der Waals surface area contributed by atoms with Crippen molar-refractivity contribution in [1.82, 2.24) is 20.3 Å². The highest BCUT2D eigenvalue weighted by atomic mass is 32.2. The van der Waals surface area contributed by atoms with E-state index in [1.807, 2.05) is 116 Å². The zero-order chi connectivity index (χ0) is 33.6. The van der Waals surface area contributed by atoms with Crippen LogP contribution >= 0.6 is 0 Å². The standard InChI is InChI=1S/C19H32N2O3S.C15H24N2O2/c1-18(2,3)16(13-21(7)25(23)19(4,5)6)20-17(22)24-14-15-11-9-8-10-12-15;1-15(2,3)13(10-16-4)17-14(18)19-11-12-8-6-5-7-9-12/h8-12,16H,13-14H2,1-7H3,(H,20,22);5-9,13,16H,10-11H2,1-4H3,(H,17,18)/t16-,25?;13-/m11/s1. The Balaban J connectivity index is 0.000000457. The van der Waals surface area contributed by atoms with Gasteiger partial charge in [-0.1, -0.05) is 102 Å². The van der Waals surface area contributed by atoms with Crippen LogP contribution < -0.4 is 16.0 Å². The van der Waals surface area contributed by atoms with E-state index in [-0.39, 0.29) is 40.4 Å². The summed E-state index contributed by atoms with van der Waals surface area (Å²) >= 11 is 0. The van der Waals surface area contributed by atoms with Gasteiger partial charge in [0, 0.05) is 19.1 Å².